The van der Waals surface area contributed by atoms with Crippen LogP contribution in [0.3, 0.4) is 0 Å². The minimum atomic E-state index is -2.78. The first-order valence-electron chi connectivity index (χ1n) is 5.83. The summed E-state index contributed by atoms with van der Waals surface area (Å²) < 4.78 is 5.42. The predicted molar refractivity (Wildman–Crippen MR) is 82.7 cm³/mol. The fourth-order valence-corrected chi connectivity index (χ4v) is 4.82. The molecule has 1 rings (SSSR count). The molecule has 1 N–H and O–H groups in total. The molecule has 0 radical (unpaired) electrons. The third-order valence-electron chi connectivity index (χ3n) is 2.32. The highest BCUT2D eigenvalue weighted by molar-refractivity contribution is 8.67. The fourth-order valence-electron chi connectivity index (χ4n) is 1.32. The van der Waals surface area contributed by atoms with E-state index >= 15 is 0 Å². The van der Waals surface area contributed by atoms with E-state index in [1.54, 1.807) is 0 Å². The molecule has 0 bridgehead atoms. The highest BCUT2D eigenvalue weighted by Gasteiger charge is 2.16. The average Bonchev–Trinajstić information content (AvgIpc) is 2.27. The Balaban J connectivity index is 2.55. The van der Waals surface area contributed by atoms with E-state index in [4.69, 9.17) is 16.3 Å². The summed E-state index contributed by atoms with van der Waals surface area (Å²) in [7, 11) is 3.92. The maximum atomic E-state index is 10.1. The second kappa shape index (κ2) is 7.63. The van der Waals surface area contributed by atoms with E-state index in [0.29, 0.717) is 6.61 Å². The van der Waals surface area contributed by atoms with E-state index in [1.165, 1.54) is 16.9 Å². The van der Waals surface area contributed by atoms with Crippen molar-refractivity contribution in [3.63, 3.8) is 0 Å². The molecule has 0 saturated carbocycles. The molecule has 6 heteroatoms. The Labute approximate surface area is 118 Å². The largest absolute Gasteiger partial charge is 0.337 e. The van der Waals surface area contributed by atoms with E-state index in [2.05, 4.69) is 19.1 Å². The first kappa shape index (κ1) is 16.2. The van der Waals surface area contributed by atoms with Gasteiger partial charge in [0.25, 0.3) is 0 Å². The van der Waals surface area contributed by atoms with Crippen molar-refractivity contribution in [3.8, 4) is 0 Å². The van der Waals surface area contributed by atoms with Gasteiger partial charge >= 0.3 is 0 Å². The average molecular weight is 305 g/mol. The molecule has 0 saturated heterocycles. The summed E-state index contributed by atoms with van der Waals surface area (Å²) in [6.07, 6.45) is 0.976. The van der Waals surface area contributed by atoms with Gasteiger partial charge in [0.15, 0.2) is 0 Å². The number of rotatable bonds is 7. The van der Waals surface area contributed by atoms with Gasteiger partial charge in [0.1, 0.15) is 0 Å². The molecule has 1 aromatic carbocycles. The third-order valence-corrected chi connectivity index (χ3v) is 6.15. The van der Waals surface area contributed by atoms with Crippen molar-refractivity contribution in [3.05, 3.63) is 29.8 Å². The number of hydrogen-bond acceptors (Lipinski definition) is 4. The first-order valence-corrected chi connectivity index (χ1v) is 9.93. The fraction of sp³-hybridized carbons (Fsp3) is 0.500. The van der Waals surface area contributed by atoms with Crippen LogP contribution in [-0.2, 0) is 22.8 Å². The van der Waals surface area contributed by atoms with Gasteiger partial charge in [0.2, 0.25) is 5.69 Å². The highest BCUT2D eigenvalue weighted by Crippen LogP contribution is 2.59. The minimum Gasteiger partial charge on any atom is -0.337 e. The normalized spacial score (nSPS) is 14.7. The van der Waals surface area contributed by atoms with Gasteiger partial charge in [0.05, 0.1) is 6.61 Å². The maximum absolute atomic E-state index is 10.1. The molecule has 0 aliphatic carbocycles. The van der Waals surface area contributed by atoms with Gasteiger partial charge in [-0.25, -0.2) is 0 Å². The summed E-state index contributed by atoms with van der Waals surface area (Å²) in [4.78, 5) is 13.1. The van der Waals surface area contributed by atoms with Crippen molar-refractivity contribution < 1.29 is 9.42 Å². The molecule has 0 fully saturated rings. The van der Waals surface area contributed by atoms with Crippen molar-refractivity contribution in [1.29, 1.82) is 0 Å². The quantitative estimate of drug-likeness (QED) is 0.783. The Morgan fingerprint density at radius 2 is 2.17 bits per heavy atom. The molecule has 0 heterocycles. The Morgan fingerprint density at radius 1 is 1.44 bits per heavy atom. The number of hydrogen-bond donors (Lipinski definition) is 1. The van der Waals surface area contributed by atoms with Gasteiger partial charge in [-0.1, -0.05) is 19.1 Å². The van der Waals surface area contributed by atoms with Crippen LogP contribution in [0, 0.1) is 0 Å². The van der Waals surface area contributed by atoms with Crippen molar-refractivity contribution in [1.82, 2.24) is 4.90 Å². The third kappa shape index (κ3) is 6.32. The zero-order valence-electron chi connectivity index (χ0n) is 11.0. The Kier molecular flexibility index (Phi) is 6.85. The zero-order valence-corrected chi connectivity index (χ0v) is 13.5. The Morgan fingerprint density at radius 3 is 2.78 bits per heavy atom. The summed E-state index contributed by atoms with van der Waals surface area (Å²) in [5.41, 5.74) is -1.54. The maximum Gasteiger partial charge on any atom is 0.249 e. The summed E-state index contributed by atoms with van der Waals surface area (Å²) >= 11 is 6.41. The van der Waals surface area contributed by atoms with Gasteiger partial charge in [-0.3, -0.25) is 0 Å². The SMILES string of the molecule is CCc1cccc(SP(O)(=S)OCCN(C)C)c1. The molecule has 0 amide bonds. The standard InChI is InChI=1S/C12H20NO2PS2/c1-4-11-6-5-7-12(10-11)18-16(14,17)15-9-8-13(2)3/h5-7,10H,4,8-9H2,1-3H3,(H,14,17). The van der Waals surface area contributed by atoms with Gasteiger partial charge < -0.3 is 14.3 Å². The van der Waals surface area contributed by atoms with Gasteiger partial charge in [-0.2, -0.15) is 0 Å². The van der Waals surface area contributed by atoms with Crippen LogP contribution in [0.5, 0.6) is 0 Å². The molecular weight excluding hydrogens is 285 g/mol. The topological polar surface area (TPSA) is 32.7 Å². The van der Waals surface area contributed by atoms with E-state index in [0.717, 1.165) is 17.9 Å². The summed E-state index contributed by atoms with van der Waals surface area (Å²) in [5.74, 6) is 0. The van der Waals surface area contributed by atoms with E-state index < -0.39 is 5.69 Å². The van der Waals surface area contributed by atoms with Gasteiger partial charge in [0, 0.05) is 11.4 Å². The van der Waals surface area contributed by atoms with Crippen LogP contribution in [0.1, 0.15) is 12.5 Å². The van der Waals surface area contributed by atoms with Crippen LogP contribution in [0.2, 0.25) is 0 Å². The van der Waals surface area contributed by atoms with E-state index in [-0.39, 0.29) is 0 Å². The van der Waals surface area contributed by atoms with Crippen LogP contribution in [0.15, 0.2) is 29.2 Å². The number of benzene rings is 1. The lowest BCUT2D eigenvalue weighted by Crippen LogP contribution is -2.17. The molecule has 1 atom stereocenters. The Bertz CT molecular complexity index is 426. The molecule has 1 unspecified atom stereocenters. The number of nitrogens with zero attached hydrogens (tertiary/aromatic N) is 1. The molecule has 0 aliphatic rings. The summed E-state index contributed by atoms with van der Waals surface area (Å²) in [6, 6.07) is 8.06. The predicted octanol–water partition coefficient (Wildman–Crippen LogP) is 3.14. The molecule has 18 heavy (non-hydrogen) atoms. The summed E-state index contributed by atoms with van der Waals surface area (Å²) in [5, 5.41) is 0. The van der Waals surface area contributed by atoms with Crippen LogP contribution in [0.4, 0.5) is 0 Å². The second-order valence-corrected chi connectivity index (χ2v) is 10.3. The van der Waals surface area contributed by atoms with Gasteiger partial charge in [-0.05, 0) is 61.4 Å². The second-order valence-electron chi connectivity index (χ2n) is 4.20. The van der Waals surface area contributed by atoms with Crippen molar-refractivity contribution >= 4 is 28.9 Å². The van der Waals surface area contributed by atoms with Crippen LogP contribution < -0.4 is 0 Å². The van der Waals surface area contributed by atoms with Crippen molar-refractivity contribution in [2.75, 3.05) is 27.2 Å². The lowest BCUT2D eigenvalue weighted by Gasteiger charge is -2.17. The molecule has 0 spiro atoms. The molecule has 3 nitrogen and oxygen atoms in total. The molecule has 1 aromatic rings. The Hall–Kier alpha value is 0.1000. The zero-order chi connectivity index (χ0) is 13.6. The monoisotopic (exact) mass is 305 g/mol. The number of aryl methyl sites for hydroxylation is 1. The molecular formula is C12H20NO2PS2. The molecule has 0 aromatic heterocycles. The minimum absolute atomic E-state index is 0.460. The van der Waals surface area contributed by atoms with Crippen molar-refractivity contribution in [2.24, 2.45) is 0 Å². The van der Waals surface area contributed by atoms with Crippen LogP contribution in [0.25, 0.3) is 0 Å². The number of likely N-dealkylation sites (N-methyl/N-ethyl adjacent to an activating group) is 1. The lowest BCUT2D eigenvalue weighted by molar-refractivity contribution is 0.265. The lowest BCUT2D eigenvalue weighted by atomic mass is 10.2. The van der Waals surface area contributed by atoms with Crippen molar-refractivity contribution in [2.45, 2.75) is 18.2 Å². The first-order chi connectivity index (χ1) is 8.43. The van der Waals surface area contributed by atoms with E-state index in [9.17, 15) is 4.89 Å². The summed E-state index contributed by atoms with van der Waals surface area (Å²) in [6.45, 7) is 3.32. The van der Waals surface area contributed by atoms with E-state index in [1.807, 2.05) is 31.1 Å². The van der Waals surface area contributed by atoms with Crippen LogP contribution >= 0.6 is 17.1 Å². The van der Waals surface area contributed by atoms with Crippen LogP contribution in [-0.4, -0.2) is 37.0 Å². The smallest absolute Gasteiger partial charge is 0.249 e. The highest BCUT2D eigenvalue weighted by atomic mass is 32.9. The molecule has 102 valence electrons. The molecule has 0 aliphatic heterocycles. The van der Waals surface area contributed by atoms with Gasteiger partial charge in [-0.15, -0.1) is 0 Å².